The summed E-state index contributed by atoms with van der Waals surface area (Å²) in [7, 11) is 0. The molecule has 0 aromatic heterocycles. The summed E-state index contributed by atoms with van der Waals surface area (Å²) in [6.45, 7) is 3.02. The Morgan fingerprint density at radius 3 is 2.22 bits per heavy atom. The van der Waals surface area contributed by atoms with Crippen molar-refractivity contribution < 1.29 is 19.1 Å². The molecule has 138 valence electrons. The Bertz CT molecular complexity index is 878. The van der Waals surface area contributed by atoms with E-state index in [0.717, 1.165) is 11.1 Å². The van der Waals surface area contributed by atoms with Gasteiger partial charge in [0.05, 0.1) is 23.7 Å². The maximum atomic E-state index is 12.0. The van der Waals surface area contributed by atoms with Gasteiger partial charge in [0, 0.05) is 5.69 Å². The average Bonchev–Trinajstić information content (AvgIpc) is 2.67. The molecule has 0 bridgehead atoms. The molecule has 0 heterocycles. The summed E-state index contributed by atoms with van der Waals surface area (Å²) in [4.78, 5) is 35.6. The van der Waals surface area contributed by atoms with Gasteiger partial charge < -0.3 is 15.4 Å². The summed E-state index contributed by atoms with van der Waals surface area (Å²) < 4.78 is 4.89. The highest BCUT2D eigenvalue weighted by Crippen LogP contribution is 2.18. The minimum absolute atomic E-state index is 0.231. The van der Waals surface area contributed by atoms with Gasteiger partial charge in [-0.1, -0.05) is 18.2 Å². The van der Waals surface area contributed by atoms with Gasteiger partial charge in [-0.3, -0.25) is 9.59 Å². The Kier molecular flexibility index (Phi) is 6.67. The van der Waals surface area contributed by atoms with Crippen molar-refractivity contribution in [3.8, 4) is 6.07 Å². The average molecular weight is 365 g/mol. The Hall–Kier alpha value is -3.66. The zero-order valence-corrected chi connectivity index (χ0v) is 15.0. The van der Waals surface area contributed by atoms with E-state index in [2.05, 4.69) is 10.6 Å². The first-order chi connectivity index (χ1) is 12.9. The number of para-hydroxylation sites is 1. The third-order valence-corrected chi connectivity index (χ3v) is 3.78. The van der Waals surface area contributed by atoms with Crippen molar-refractivity contribution in [1.82, 2.24) is 5.32 Å². The summed E-state index contributed by atoms with van der Waals surface area (Å²) in [5, 5.41) is 13.9. The van der Waals surface area contributed by atoms with E-state index in [9.17, 15) is 14.4 Å². The third-order valence-electron chi connectivity index (χ3n) is 3.78. The topological polar surface area (TPSA) is 108 Å². The fraction of sp³-hybridized carbons (Fsp3) is 0.200. The van der Waals surface area contributed by atoms with Crippen LogP contribution in [0.2, 0.25) is 0 Å². The number of hydrogen-bond donors (Lipinski definition) is 2. The fourth-order valence-corrected chi connectivity index (χ4v) is 2.32. The fourth-order valence-electron chi connectivity index (χ4n) is 2.32. The number of esters is 1. The number of carbonyl (C=O) groups excluding carboxylic acids is 3. The molecule has 0 atom stereocenters. The number of nitrogens with zero attached hydrogens (tertiary/aromatic N) is 1. The smallest absolute Gasteiger partial charge is 0.338 e. The predicted molar refractivity (Wildman–Crippen MR) is 99.0 cm³/mol. The van der Waals surface area contributed by atoms with E-state index in [1.807, 2.05) is 38.1 Å². The molecule has 7 nitrogen and oxygen atoms in total. The molecule has 2 amide bonds. The number of aryl methyl sites for hydroxylation is 2. The molecule has 0 saturated carbocycles. The number of ether oxygens (including phenoxy) is 1. The normalized spacial score (nSPS) is 9.81. The molecule has 2 N–H and O–H groups in total. The van der Waals surface area contributed by atoms with Crippen LogP contribution in [-0.2, 0) is 14.3 Å². The SMILES string of the molecule is Cc1cccc(C)c1NC(=O)CNC(=O)COC(=O)c1ccc(C#N)cc1. The van der Waals surface area contributed by atoms with Crippen molar-refractivity contribution in [3.63, 3.8) is 0 Å². The van der Waals surface area contributed by atoms with Gasteiger partial charge in [0.15, 0.2) is 6.61 Å². The van der Waals surface area contributed by atoms with Crippen LogP contribution in [0.1, 0.15) is 27.0 Å². The Labute approximate surface area is 156 Å². The van der Waals surface area contributed by atoms with Crippen LogP contribution in [0.15, 0.2) is 42.5 Å². The van der Waals surface area contributed by atoms with E-state index in [1.54, 1.807) is 0 Å². The molecular weight excluding hydrogens is 346 g/mol. The summed E-state index contributed by atoms with van der Waals surface area (Å²) >= 11 is 0. The third kappa shape index (κ3) is 5.68. The number of nitriles is 1. The van der Waals surface area contributed by atoms with Gasteiger partial charge in [0.2, 0.25) is 5.91 Å². The lowest BCUT2D eigenvalue weighted by Crippen LogP contribution is -2.35. The quantitative estimate of drug-likeness (QED) is 0.762. The molecular formula is C20H19N3O4. The molecule has 0 aliphatic carbocycles. The Balaban J connectivity index is 1.77. The summed E-state index contributed by atoms with van der Waals surface area (Å²) in [5.74, 6) is -1.65. The molecule has 2 aromatic carbocycles. The molecule has 27 heavy (non-hydrogen) atoms. The largest absolute Gasteiger partial charge is 0.452 e. The first-order valence-electron chi connectivity index (χ1n) is 8.20. The lowest BCUT2D eigenvalue weighted by molar-refractivity contribution is -0.126. The minimum atomic E-state index is -0.686. The molecule has 2 rings (SSSR count). The second kappa shape index (κ2) is 9.15. The highest BCUT2D eigenvalue weighted by molar-refractivity contribution is 5.96. The van der Waals surface area contributed by atoms with Crippen LogP contribution in [0.5, 0.6) is 0 Å². The van der Waals surface area contributed by atoms with E-state index in [0.29, 0.717) is 11.3 Å². The van der Waals surface area contributed by atoms with Crippen molar-refractivity contribution in [2.24, 2.45) is 0 Å². The van der Waals surface area contributed by atoms with Crippen molar-refractivity contribution in [2.75, 3.05) is 18.5 Å². The number of amides is 2. The molecule has 0 aliphatic rings. The molecule has 2 aromatic rings. The van der Waals surface area contributed by atoms with Gasteiger partial charge >= 0.3 is 5.97 Å². The van der Waals surface area contributed by atoms with Crippen LogP contribution in [-0.4, -0.2) is 30.9 Å². The van der Waals surface area contributed by atoms with E-state index >= 15 is 0 Å². The number of hydrogen-bond acceptors (Lipinski definition) is 5. The summed E-state index contributed by atoms with van der Waals surface area (Å²) in [6, 6.07) is 13.4. The maximum Gasteiger partial charge on any atom is 0.338 e. The van der Waals surface area contributed by atoms with E-state index in [4.69, 9.17) is 10.00 Å². The molecule has 7 heteroatoms. The van der Waals surface area contributed by atoms with Gasteiger partial charge in [-0.05, 0) is 49.2 Å². The predicted octanol–water partition coefficient (Wildman–Crippen LogP) is 2.09. The molecule has 0 fully saturated rings. The zero-order valence-electron chi connectivity index (χ0n) is 15.0. The zero-order chi connectivity index (χ0) is 19.8. The number of nitrogens with one attached hydrogen (secondary N) is 2. The number of benzene rings is 2. The monoisotopic (exact) mass is 365 g/mol. The van der Waals surface area contributed by atoms with Crippen LogP contribution in [0, 0.1) is 25.2 Å². The second-order valence-corrected chi connectivity index (χ2v) is 5.86. The van der Waals surface area contributed by atoms with Gasteiger partial charge in [0.25, 0.3) is 5.91 Å². The standard InChI is InChI=1S/C20H19N3O4/c1-13-4-3-5-14(2)19(13)23-17(24)11-22-18(25)12-27-20(26)16-8-6-15(10-21)7-9-16/h3-9H,11-12H2,1-2H3,(H,22,25)(H,23,24). The van der Waals surface area contributed by atoms with Crippen molar-refractivity contribution in [3.05, 3.63) is 64.7 Å². The maximum absolute atomic E-state index is 12.0. The first-order valence-corrected chi connectivity index (χ1v) is 8.20. The number of rotatable bonds is 6. The molecule has 0 saturated heterocycles. The molecule has 0 unspecified atom stereocenters. The van der Waals surface area contributed by atoms with E-state index in [1.165, 1.54) is 24.3 Å². The van der Waals surface area contributed by atoms with Crippen LogP contribution < -0.4 is 10.6 Å². The summed E-state index contributed by atoms with van der Waals surface area (Å²) in [6.07, 6.45) is 0. The highest BCUT2D eigenvalue weighted by Gasteiger charge is 2.12. The lowest BCUT2D eigenvalue weighted by Gasteiger charge is -2.12. The molecule has 0 aliphatic heterocycles. The Morgan fingerprint density at radius 2 is 1.63 bits per heavy atom. The minimum Gasteiger partial charge on any atom is -0.452 e. The van der Waals surface area contributed by atoms with Crippen molar-refractivity contribution in [2.45, 2.75) is 13.8 Å². The second-order valence-electron chi connectivity index (χ2n) is 5.86. The highest BCUT2D eigenvalue weighted by atomic mass is 16.5. The molecule has 0 radical (unpaired) electrons. The van der Waals surface area contributed by atoms with Gasteiger partial charge in [-0.25, -0.2) is 4.79 Å². The lowest BCUT2D eigenvalue weighted by atomic mass is 10.1. The number of carbonyl (C=O) groups is 3. The van der Waals surface area contributed by atoms with E-state index in [-0.39, 0.29) is 18.0 Å². The summed E-state index contributed by atoms with van der Waals surface area (Å²) in [5.41, 5.74) is 3.20. The van der Waals surface area contributed by atoms with Crippen LogP contribution in [0.25, 0.3) is 0 Å². The van der Waals surface area contributed by atoms with Gasteiger partial charge in [-0.15, -0.1) is 0 Å². The van der Waals surface area contributed by atoms with Crippen LogP contribution >= 0.6 is 0 Å². The van der Waals surface area contributed by atoms with Gasteiger partial charge in [-0.2, -0.15) is 5.26 Å². The first kappa shape index (κ1) is 19.7. The Morgan fingerprint density at radius 1 is 1.00 bits per heavy atom. The van der Waals surface area contributed by atoms with Gasteiger partial charge in [0.1, 0.15) is 0 Å². The van der Waals surface area contributed by atoms with Crippen molar-refractivity contribution >= 4 is 23.5 Å². The number of anilines is 1. The van der Waals surface area contributed by atoms with E-state index < -0.39 is 18.5 Å². The van der Waals surface area contributed by atoms with Crippen LogP contribution in [0.3, 0.4) is 0 Å². The molecule has 0 spiro atoms. The van der Waals surface area contributed by atoms with Crippen LogP contribution in [0.4, 0.5) is 5.69 Å². The van der Waals surface area contributed by atoms with Crippen molar-refractivity contribution in [1.29, 1.82) is 5.26 Å².